The van der Waals surface area contributed by atoms with E-state index in [0.717, 1.165) is 23.2 Å². The number of rotatable bonds is 6. The minimum absolute atomic E-state index is 0.175. The number of nitrogen functional groups attached to an aromatic ring is 1. The van der Waals surface area contributed by atoms with Gasteiger partial charge in [-0.15, -0.1) is 0 Å². The summed E-state index contributed by atoms with van der Waals surface area (Å²) in [6.07, 6.45) is 2.08. The third-order valence-corrected chi connectivity index (χ3v) is 3.43. The summed E-state index contributed by atoms with van der Waals surface area (Å²) in [5.74, 6) is -0.175. The number of aryl methyl sites for hydroxylation is 2. The highest BCUT2D eigenvalue weighted by atomic mass is 16.5. The van der Waals surface area contributed by atoms with Gasteiger partial charge in [-0.05, 0) is 41.7 Å². The number of carbonyl (C=O) groups is 1. The number of anilines is 1. The standard InChI is InChI=1S/C18H21NO2/c1-2-14-3-5-16(6-4-14)13-21-18(20)12-9-15-7-10-17(19)11-8-15/h3-8,10-11H,2,9,12-13,19H2,1H3. The van der Waals surface area contributed by atoms with Crippen LogP contribution in [-0.2, 0) is 29.0 Å². The topological polar surface area (TPSA) is 52.3 Å². The molecule has 0 heterocycles. The minimum Gasteiger partial charge on any atom is -0.461 e. The van der Waals surface area contributed by atoms with E-state index >= 15 is 0 Å². The van der Waals surface area contributed by atoms with Crippen LogP contribution in [0.2, 0.25) is 0 Å². The Bertz CT molecular complexity index is 573. The maximum atomic E-state index is 11.7. The summed E-state index contributed by atoms with van der Waals surface area (Å²) in [5.41, 5.74) is 9.75. The number of hydrogen-bond acceptors (Lipinski definition) is 3. The van der Waals surface area contributed by atoms with Crippen LogP contribution in [0.5, 0.6) is 0 Å². The molecule has 110 valence electrons. The average Bonchev–Trinajstić information content (AvgIpc) is 2.53. The zero-order valence-corrected chi connectivity index (χ0v) is 12.3. The third kappa shape index (κ3) is 4.95. The second-order valence-corrected chi connectivity index (χ2v) is 5.07. The summed E-state index contributed by atoms with van der Waals surface area (Å²) in [5, 5.41) is 0. The molecular weight excluding hydrogens is 262 g/mol. The Morgan fingerprint density at radius 1 is 0.952 bits per heavy atom. The highest BCUT2D eigenvalue weighted by Gasteiger charge is 2.04. The number of esters is 1. The molecule has 0 atom stereocenters. The lowest BCUT2D eigenvalue weighted by molar-refractivity contribution is -0.144. The maximum Gasteiger partial charge on any atom is 0.306 e. The molecule has 0 saturated heterocycles. The molecule has 0 radical (unpaired) electrons. The van der Waals surface area contributed by atoms with Crippen molar-refractivity contribution in [3.05, 3.63) is 65.2 Å². The van der Waals surface area contributed by atoms with Crippen LogP contribution in [-0.4, -0.2) is 5.97 Å². The SMILES string of the molecule is CCc1ccc(COC(=O)CCc2ccc(N)cc2)cc1. The predicted molar refractivity (Wildman–Crippen MR) is 84.8 cm³/mol. The largest absolute Gasteiger partial charge is 0.461 e. The minimum atomic E-state index is -0.175. The molecule has 0 unspecified atom stereocenters. The van der Waals surface area contributed by atoms with Crippen LogP contribution in [0, 0.1) is 0 Å². The first kappa shape index (κ1) is 15.1. The van der Waals surface area contributed by atoms with E-state index in [1.54, 1.807) is 0 Å². The molecular formula is C18H21NO2. The first-order chi connectivity index (χ1) is 10.2. The molecule has 2 rings (SSSR count). The van der Waals surface area contributed by atoms with E-state index < -0.39 is 0 Å². The molecule has 0 bridgehead atoms. The molecule has 3 heteroatoms. The number of benzene rings is 2. The molecule has 21 heavy (non-hydrogen) atoms. The molecule has 2 aromatic carbocycles. The van der Waals surface area contributed by atoms with Crippen LogP contribution in [0.25, 0.3) is 0 Å². The normalized spacial score (nSPS) is 10.3. The third-order valence-electron chi connectivity index (χ3n) is 3.43. The van der Waals surface area contributed by atoms with Gasteiger partial charge in [-0.3, -0.25) is 4.79 Å². The lowest BCUT2D eigenvalue weighted by atomic mass is 10.1. The lowest BCUT2D eigenvalue weighted by Gasteiger charge is -2.06. The van der Waals surface area contributed by atoms with Gasteiger partial charge in [0, 0.05) is 12.1 Å². The van der Waals surface area contributed by atoms with Gasteiger partial charge in [-0.2, -0.15) is 0 Å². The molecule has 0 saturated carbocycles. The van der Waals surface area contributed by atoms with Gasteiger partial charge in [-0.1, -0.05) is 43.3 Å². The molecule has 0 aromatic heterocycles. The van der Waals surface area contributed by atoms with Gasteiger partial charge < -0.3 is 10.5 Å². The lowest BCUT2D eigenvalue weighted by Crippen LogP contribution is -2.06. The van der Waals surface area contributed by atoms with Crippen LogP contribution in [0.3, 0.4) is 0 Å². The Kier molecular flexibility index (Phi) is 5.38. The molecule has 0 aliphatic heterocycles. The Morgan fingerprint density at radius 3 is 2.14 bits per heavy atom. The number of hydrogen-bond donors (Lipinski definition) is 1. The predicted octanol–water partition coefficient (Wildman–Crippen LogP) is 3.51. The second kappa shape index (κ2) is 7.48. The van der Waals surface area contributed by atoms with Crippen molar-refractivity contribution in [3.63, 3.8) is 0 Å². The summed E-state index contributed by atoms with van der Waals surface area (Å²) < 4.78 is 5.28. The van der Waals surface area contributed by atoms with Crippen molar-refractivity contribution >= 4 is 11.7 Å². The van der Waals surface area contributed by atoms with E-state index in [0.29, 0.717) is 19.4 Å². The van der Waals surface area contributed by atoms with Crippen molar-refractivity contribution < 1.29 is 9.53 Å². The Hall–Kier alpha value is -2.29. The van der Waals surface area contributed by atoms with Gasteiger partial charge in [0.05, 0.1) is 0 Å². The smallest absolute Gasteiger partial charge is 0.306 e. The zero-order valence-electron chi connectivity index (χ0n) is 12.3. The van der Waals surface area contributed by atoms with Crippen molar-refractivity contribution in [3.8, 4) is 0 Å². The van der Waals surface area contributed by atoms with E-state index in [9.17, 15) is 4.79 Å². The summed E-state index contributed by atoms with van der Waals surface area (Å²) in [6, 6.07) is 15.7. The van der Waals surface area contributed by atoms with Gasteiger partial charge >= 0.3 is 5.97 Å². The van der Waals surface area contributed by atoms with Gasteiger partial charge in [0.15, 0.2) is 0 Å². The van der Waals surface area contributed by atoms with Gasteiger partial charge in [0.1, 0.15) is 6.61 Å². The first-order valence-electron chi connectivity index (χ1n) is 7.25. The van der Waals surface area contributed by atoms with Crippen LogP contribution < -0.4 is 5.73 Å². The highest BCUT2D eigenvalue weighted by Crippen LogP contribution is 2.10. The van der Waals surface area contributed by atoms with Crippen LogP contribution >= 0.6 is 0 Å². The molecule has 3 nitrogen and oxygen atoms in total. The second-order valence-electron chi connectivity index (χ2n) is 5.07. The van der Waals surface area contributed by atoms with E-state index in [4.69, 9.17) is 10.5 Å². The summed E-state index contributed by atoms with van der Waals surface area (Å²) in [7, 11) is 0. The quantitative estimate of drug-likeness (QED) is 0.652. The van der Waals surface area contributed by atoms with Crippen LogP contribution in [0.15, 0.2) is 48.5 Å². The molecule has 2 aromatic rings. The van der Waals surface area contributed by atoms with Crippen molar-refractivity contribution in [1.82, 2.24) is 0 Å². The fourth-order valence-electron chi connectivity index (χ4n) is 2.04. The first-order valence-corrected chi connectivity index (χ1v) is 7.25. The maximum absolute atomic E-state index is 11.7. The Balaban J connectivity index is 1.75. The van der Waals surface area contributed by atoms with Gasteiger partial charge in [0.2, 0.25) is 0 Å². The fourth-order valence-corrected chi connectivity index (χ4v) is 2.04. The monoisotopic (exact) mass is 283 g/mol. The molecule has 0 spiro atoms. The van der Waals surface area contributed by atoms with E-state index in [1.807, 2.05) is 36.4 Å². The summed E-state index contributed by atoms with van der Waals surface area (Å²) in [6.45, 7) is 2.46. The molecule has 2 N–H and O–H groups in total. The molecule has 0 fully saturated rings. The number of carbonyl (C=O) groups excluding carboxylic acids is 1. The van der Waals surface area contributed by atoms with E-state index in [1.165, 1.54) is 5.56 Å². The fraction of sp³-hybridized carbons (Fsp3) is 0.278. The summed E-state index contributed by atoms with van der Waals surface area (Å²) in [4.78, 5) is 11.7. The van der Waals surface area contributed by atoms with Crippen molar-refractivity contribution in [2.24, 2.45) is 0 Å². The zero-order chi connectivity index (χ0) is 15.1. The molecule has 0 aliphatic rings. The van der Waals surface area contributed by atoms with Crippen molar-refractivity contribution in [1.29, 1.82) is 0 Å². The van der Waals surface area contributed by atoms with Gasteiger partial charge in [-0.25, -0.2) is 0 Å². The van der Waals surface area contributed by atoms with Crippen molar-refractivity contribution in [2.45, 2.75) is 32.8 Å². The number of nitrogens with two attached hydrogens (primary N) is 1. The Morgan fingerprint density at radius 2 is 1.52 bits per heavy atom. The van der Waals surface area contributed by atoms with Gasteiger partial charge in [0.25, 0.3) is 0 Å². The van der Waals surface area contributed by atoms with E-state index in [2.05, 4.69) is 19.1 Å². The molecule has 0 aliphatic carbocycles. The number of ether oxygens (including phenoxy) is 1. The van der Waals surface area contributed by atoms with Crippen molar-refractivity contribution in [2.75, 3.05) is 5.73 Å². The van der Waals surface area contributed by atoms with Crippen LogP contribution in [0.4, 0.5) is 5.69 Å². The summed E-state index contributed by atoms with van der Waals surface area (Å²) >= 11 is 0. The molecule has 0 amide bonds. The highest BCUT2D eigenvalue weighted by molar-refractivity contribution is 5.69. The van der Waals surface area contributed by atoms with E-state index in [-0.39, 0.29) is 5.97 Å². The van der Waals surface area contributed by atoms with Crippen LogP contribution in [0.1, 0.15) is 30.0 Å². The average molecular weight is 283 g/mol. The Labute approximate surface area is 125 Å².